The Labute approximate surface area is 101 Å². The molecule has 4 heteroatoms. The molecule has 2 fully saturated rings. The van der Waals surface area contributed by atoms with Gasteiger partial charge in [0, 0.05) is 18.8 Å². The minimum Gasteiger partial charge on any atom is -0.490 e. The van der Waals surface area contributed by atoms with Crippen molar-refractivity contribution in [2.75, 3.05) is 19.8 Å². The van der Waals surface area contributed by atoms with Crippen LogP contribution in [0.5, 0.6) is 5.75 Å². The third-order valence-electron chi connectivity index (χ3n) is 3.70. The van der Waals surface area contributed by atoms with Crippen LogP contribution in [0.1, 0.15) is 24.3 Å². The Hall–Kier alpha value is -1.13. The fourth-order valence-corrected chi connectivity index (χ4v) is 2.26. The van der Waals surface area contributed by atoms with Crippen LogP contribution in [0.4, 0.5) is 0 Å². The molecule has 0 aromatic carbocycles. The molecule has 1 aliphatic heterocycles. The lowest BCUT2D eigenvalue weighted by molar-refractivity contribution is 0.216. The number of ether oxygens (including phenoxy) is 1. The van der Waals surface area contributed by atoms with Crippen LogP contribution in [0.15, 0.2) is 18.5 Å². The van der Waals surface area contributed by atoms with Crippen molar-refractivity contribution in [3.8, 4) is 5.75 Å². The second-order valence-electron chi connectivity index (χ2n) is 4.99. The number of aliphatic hydroxyl groups is 1. The maximum atomic E-state index is 9.06. The van der Waals surface area contributed by atoms with Crippen molar-refractivity contribution >= 4 is 0 Å². The number of nitrogens with zero attached hydrogens (tertiary/aromatic N) is 1. The van der Waals surface area contributed by atoms with Gasteiger partial charge in [0.2, 0.25) is 0 Å². The summed E-state index contributed by atoms with van der Waals surface area (Å²) in [7, 11) is 0. The molecule has 0 spiro atoms. The van der Waals surface area contributed by atoms with Crippen molar-refractivity contribution in [2.45, 2.75) is 24.8 Å². The first-order valence-corrected chi connectivity index (χ1v) is 6.29. The Balaban J connectivity index is 1.58. The van der Waals surface area contributed by atoms with E-state index in [9.17, 15) is 0 Å². The highest BCUT2D eigenvalue weighted by molar-refractivity contribution is 5.30. The van der Waals surface area contributed by atoms with E-state index in [1.54, 1.807) is 6.20 Å². The van der Waals surface area contributed by atoms with Gasteiger partial charge in [0.1, 0.15) is 12.4 Å². The van der Waals surface area contributed by atoms with Gasteiger partial charge in [0.05, 0.1) is 6.20 Å². The summed E-state index contributed by atoms with van der Waals surface area (Å²) < 4.78 is 5.71. The van der Waals surface area contributed by atoms with Crippen molar-refractivity contribution in [3.05, 3.63) is 24.0 Å². The molecule has 1 aromatic rings. The normalized spacial score (nSPS) is 30.8. The predicted octanol–water partition coefficient (Wildman–Crippen LogP) is 0.918. The molecule has 0 bridgehead atoms. The van der Waals surface area contributed by atoms with E-state index < -0.39 is 0 Å². The largest absolute Gasteiger partial charge is 0.490 e. The lowest BCUT2D eigenvalue weighted by Crippen LogP contribution is -2.46. The lowest BCUT2D eigenvalue weighted by atomic mass is 10.1. The van der Waals surface area contributed by atoms with Gasteiger partial charge in [-0.25, -0.2) is 0 Å². The second-order valence-corrected chi connectivity index (χ2v) is 4.99. The van der Waals surface area contributed by atoms with E-state index in [4.69, 9.17) is 9.84 Å². The van der Waals surface area contributed by atoms with E-state index in [0.717, 1.165) is 25.3 Å². The molecular weight excluding hydrogens is 216 g/mol. The van der Waals surface area contributed by atoms with Crippen LogP contribution in [0.2, 0.25) is 0 Å². The molecule has 3 atom stereocenters. The number of hydrogen-bond acceptors (Lipinski definition) is 4. The van der Waals surface area contributed by atoms with Crippen LogP contribution in [-0.2, 0) is 0 Å². The van der Waals surface area contributed by atoms with Gasteiger partial charge in [-0.15, -0.1) is 0 Å². The zero-order valence-electron chi connectivity index (χ0n) is 9.80. The van der Waals surface area contributed by atoms with Crippen molar-refractivity contribution in [1.82, 2.24) is 10.3 Å². The molecule has 2 heterocycles. The molecule has 1 aromatic heterocycles. The summed E-state index contributed by atoms with van der Waals surface area (Å²) in [6.45, 7) is 2.10. The average molecular weight is 234 g/mol. The summed E-state index contributed by atoms with van der Waals surface area (Å²) in [5.41, 5.74) is 1.20. The summed E-state index contributed by atoms with van der Waals surface area (Å²) in [5.74, 6) is 1.76. The highest BCUT2D eigenvalue weighted by atomic mass is 16.5. The van der Waals surface area contributed by atoms with E-state index in [1.807, 2.05) is 6.20 Å². The number of aromatic nitrogens is 1. The Morgan fingerprint density at radius 3 is 3.00 bits per heavy atom. The van der Waals surface area contributed by atoms with Gasteiger partial charge < -0.3 is 15.2 Å². The van der Waals surface area contributed by atoms with E-state index >= 15 is 0 Å². The van der Waals surface area contributed by atoms with Gasteiger partial charge in [-0.3, -0.25) is 4.98 Å². The zero-order chi connectivity index (χ0) is 11.7. The van der Waals surface area contributed by atoms with E-state index in [1.165, 1.54) is 12.0 Å². The predicted molar refractivity (Wildman–Crippen MR) is 64.1 cm³/mol. The maximum Gasteiger partial charge on any atom is 0.137 e. The minimum absolute atomic E-state index is 0.280. The number of hydrogen-bond donors (Lipinski definition) is 2. The first-order chi connectivity index (χ1) is 8.36. The van der Waals surface area contributed by atoms with Gasteiger partial charge in [-0.1, -0.05) is 0 Å². The SMILES string of the molecule is OC[C@H]1C[C@H]1c1cncc(OC[C@@H]2CCN2)c1. The Bertz CT molecular complexity index is 393. The van der Waals surface area contributed by atoms with Crippen LogP contribution in [-0.4, -0.2) is 35.9 Å². The monoisotopic (exact) mass is 234 g/mol. The molecule has 17 heavy (non-hydrogen) atoms. The molecule has 1 aliphatic carbocycles. The number of aliphatic hydroxyl groups excluding tert-OH is 1. The molecule has 0 radical (unpaired) electrons. The molecule has 1 saturated carbocycles. The molecule has 4 nitrogen and oxygen atoms in total. The third-order valence-corrected chi connectivity index (χ3v) is 3.70. The number of rotatable bonds is 5. The molecule has 0 unspecified atom stereocenters. The first-order valence-electron chi connectivity index (χ1n) is 6.29. The summed E-state index contributed by atoms with van der Waals surface area (Å²) in [5, 5.41) is 12.4. The quantitative estimate of drug-likeness (QED) is 0.795. The molecule has 2 N–H and O–H groups in total. The van der Waals surface area contributed by atoms with Gasteiger partial charge >= 0.3 is 0 Å². The number of nitrogens with one attached hydrogen (secondary N) is 1. The Morgan fingerprint density at radius 2 is 2.35 bits per heavy atom. The summed E-state index contributed by atoms with van der Waals surface area (Å²) >= 11 is 0. The first kappa shape index (κ1) is 11.0. The van der Waals surface area contributed by atoms with Gasteiger partial charge in [0.25, 0.3) is 0 Å². The molecular formula is C13H18N2O2. The van der Waals surface area contributed by atoms with Gasteiger partial charge in [-0.05, 0) is 42.9 Å². The van der Waals surface area contributed by atoms with Gasteiger partial charge in [0.15, 0.2) is 0 Å². The fourth-order valence-electron chi connectivity index (χ4n) is 2.26. The standard InChI is InChI=1S/C13H18N2O2/c16-7-10-4-13(10)9-3-12(6-14-5-9)17-8-11-1-2-15-11/h3,5-6,10-11,13,15-16H,1-2,4,7-8H2/t10-,11+,13+/m1/s1. The van der Waals surface area contributed by atoms with Crippen LogP contribution >= 0.6 is 0 Å². The summed E-state index contributed by atoms with van der Waals surface area (Å²) in [4.78, 5) is 4.21. The highest BCUT2D eigenvalue weighted by Crippen LogP contribution is 2.47. The molecule has 3 rings (SSSR count). The lowest BCUT2D eigenvalue weighted by Gasteiger charge is -2.27. The smallest absolute Gasteiger partial charge is 0.137 e. The van der Waals surface area contributed by atoms with Crippen LogP contribution in [0.25, 0.3) is 0 Å². The van der Waals surface area contributed by atoms with Crippen LogP contribution in [0.3, 0.4) is 0 Å². The van der Waals surface area contributed by atoms with Crippen molar-refractivity contribution < 1.29 is 9.84 Å². The highest BCUT2D eigenvalue weighted by Gasteiger charge is 2.37. The molecule has 92 valence electrons. The molecule has 1 saturated heterocycles. The molecule has 0 amide bonds. The van der Waals surface area contributed by atoms with E-state index in [-0.39, 0.29) is 6.61 Å². The average Bonchev–Trinajstić information content (AvgIpc) is 3.07. The van der Waals surface area contributed by atoms with Crippen LogP contribution < -0.4 is 10.1 Å². The maximum absolute atomic E-state index is 9.06. The summed E-state index contributed by atoms with van der Waals surface area (Å²) in [6, 6.07) is 2.57. The third kappa shape index (κ3) is 2.42. The molecule has 2 aliphatic rings. The summed E-state index contributed by atoms with van der Waals surface area (Å²) in [6.07, 6.45) is 5.92. The fraction of sp³-hybridized carbons (Fsp3) is 0.615. The number of pyridine rings is 1. The zero-order valence-corrected chi connectivity index (χ0v) is 9.80. The minimum atomic E-state index is 0.280. The van der Waals surface area contributed by atoms with E-state index in [0.29, 0.717) is 17.9 Å². The second kappa shape index (κ2) is 4.63. The van der Waals surface area contributed by atoms with Crippen molar-refractivity contribution in [3.63, 3.8) is 0 Å². The van der Waals surface area contributed by atoms with Crippen molar-refractivity contribution in [2.24, 2.45) is 5.92 Å². The van der Waals surface area contributed by atoms with Crippen LogP contribution in [0, 0.1) is 5.92 Å². The van der Waals surface area contributed by atoms with Crippen molar-refractivity contribution in [1.29, 1.82) is 0 Å². The Kier molecular flexibility index (Phi) is 2.99. The van der Waals surface area contributed by atoms with Gasteiger partial charge in [-0.2, -0.15) is 0 Å². The van der Waals surface area contributed by atoms with E-state index in [2.05, 4.69) is 16.4 Å². The Morgan fingerprint density at radius 1 is 1.47 bits per heavy atom. The topological polar surface area (TPSA) is 54.4 Å².